The SMILES string of the molecule is COc1cccc(N([C@@H](C)C(=O)N[C@@H](C)C(C)C)S(C)(=O)=O)c1. The molecule has 0 radical (unpaired) electrons. The number of nitrogens with one attached hydrogen (secondary N) is 1. The minimum absolute atomic E-state index is 0.0448. The molecular formula is C16H26N2O4S. The Morgan fingerprint density at radius 3 is 2.30 bits per heavy atom. The van der Waals surface area contributed by atoms with Gasteiger partial charge in [0.1, 0.15) is 11.8 Å². The van der Waals surface area contributed by atoms with Crippen molar-refractivity contribution in [3.05, 3.63) is 24.3 Å². The number of methoxy groups -OCH3 is 1. The molecule has 23 heavy (non-hydrogen) atoms. The lowest BCUT2D eigenvalue weighted by atomic mass is 10.1. The van der Waals surface area contributed by atoms with Crippen molar-refractivity contribution >= 4 is 21.6 Å². The highest BCUT2D eigenvalue weighted by molar-refractivity contribution is 7.92. The van der Waals surface area contributed by atoms with Gasteiger partial charge in [0.15, 0.2) is 0 Å². The van der Waals surface area contributed by atoms with E-state index in [-0.39, 0.29) is 17.9 Å². The molecule has 0 saturated heterocycles. The van der Waals surface area contributed by atoms with E-state index in [0.29, 0.717) is 11.4 Å². The Balaban J connectivity index is 3.14. The largest absolute Gasteiger partial charge is 0.497 e. The molecular weight excluding hydrogens is 316 g/mol. The van der Waals surface area contributed by atoms with Crippen LogP contribution in [0.5, 0.6) is 5.75 Å². The maximum atomic E-state index is 12.4. The van der Waals surface area contributed by atoms with Gasteiger partial charge >= 0.3 is 0 Å². The average molecular weight is 342 g/mol. The van der Waals surface area contributed by atoms with E-state index in [1.165, 1.54) is 7.11 Å². The molecule has 0 saturated carbocycles. The van der Waals surface area contributed by atoms with Crippen molar-refractivity contribution in [3.8, 4) is 5.75 Å². The van der Waals surface area contributed by atoms with Crippen LogP contribution in [0.15, 0.2) is 24.3 Å². The van der Waals surface area contributed by atoms with Gasteiger partial charge < -0.3 is 10.1 Å². The van der Waals surface area contributed by atoms with E-state index in [0.717, 1.165) is 10.6 Å². The molecule has 0 heterocycles. The zero-order valence-corrected chi connectivity index (χ0v) is 15.3. The molecule has 1 N–H and O–H groups in total. The van der Waals surface area contributed by atoms with Crippen molar-refractivity contribution in [2.45, 2.75) is 39.8 Å². The molecule has 0 aliphatic heterocycles. The lowest BCUT2D eigenvalue weighted by Gasteiger charge is -2.30. The monoisotopic (exact) mass is 342 g/mol. The highest BCUT2D eigenvalue weighted by Gasteiger charge is 2.30. The van der Waals surface area contributed by atoms with Crippen molar-refractivity contribution in [1.82, 2.24) is 5.32 Å². The topological polar surface area (TPSA) is 75.7 Å². The van der Waals surface area contributed by atoms with Gasteiger partial charge in [0.25, 0.3) is 0 Å². The van der Waals surface area contributed by atoms with E-state index in [1.807, 2.05) is 20.8 Å². The first-order valence-electron chi connectivity index (χ1n) is 7.51. The Labute approximate surface area is 138 Å². The molecule has 2 atom stereocenters. The molecule has 1 rings (SSSR count). The fourth-order valence-corrected chi connectivity index (χ4v) is 3.23. The number of anilines is 1. The summed E-state index contributed by atoms with van der Waals surface area (Å²) >= 11 is 0. The van der Waals surface area contributed by atoms with Gasteiger partial charge in [-0.1, -0.05) is 19.9 Å². The van der Waals surface area contributed by atoms with Crippen molar-refractivity contribution in [1.29, 1.82) is 0 Å². The van der Waals surface area contributed by atoms with Crippen LogP contribution in [0.2, 0.25) is 0 Å². The van der Waals surface area contributed by atoms with Gasteiger partial charge in [0.2, 0.25) is 15.9 Å². The number of benzene rings is 1. The lowest BCUT2D eigenvalue weighted by molar-refractivity contribution is -0.122. The van der Waals surface area contributed by atoms with Gasteiger partial charge in [-0.2, -0.15) is 0 Å². The smallest absolute Gasteiger partial charge is 0.243 e. The summed E-state index contributed by atoms with van der Waals surface area (Å²) in [7, 11) is -2.12. The van der Waals surface area contributed by atoms with E-state index in [9.17, 15) is 13.2 Å². The number of sulfonamides is 1. The van der Waals surface area contributed by atoms with Crippen LogP contribution < -0.4 is 14.4 Å². The molecule has 0 bridgehead atoms. The fraction of sp³-hybridized carbons (Fsp3) is 0.562. The second-order valence-electron chi connectivity index (χ2n) is 5.98. The first-order valence-corrected chi connectivity index (χ1v) is 9.36. The highest BCUT2D eigenvalue weighted by Crippen LogP contribution is 2.25. The Bertz CT molecular complexity index is 643. The van der Waals surface area contributed by atoms with Crippen LogP contribution in [-0.4, -0.2) is 39.8 Å². The molecule has 0 aromatic heterocycles. The molecule has 130 valence electrons. The Hall–Kier alpha value is -1.76. The Morgan fingerprint density at radius 1 is 1.22 bits per heavy atom. The third-order valence-corrected chi connectivity index (χ3v) is 5.01. The van der Waals surface area contributed by atoms with E-state index < -0.39 is 16.1 Å². The molecule has 1 aromatic rings. The van der Waals surface area contributed by atoms with Gasteiger partial charge in [-0.3, -0.25) is 9.10 Å². The molecule has 0 spiro atoms. The second kappa shape index (κ2) is 7.68. The van der Waals surface area contributed by atoms with Gasteiger partial charge in [-0.05, 0) is 31.9 Å². The summed E-state index contributed by atoms with van der Waals surface area (Å²) in [5.41, 5.74) is 0.395. The lowest BCUT2D eigenvalue weighted by Crippen LogP contribution is -2.50. The molecule has 1 amide bonds. The molecule has 0 aliphatic rings. The van der Waals surface area contributed by atoms with Crippen LogP contribution >= 0.6 is 0 Å². The van der Waals surface area contributed by atoms with Crippen molar-refractivity contribution < 1.29 is 17.9 Å². The summed E-state index contributed by atoms with van der Waals surface area (Å²) < 4.78 is 30.6. The minimum atomic E-state index is -3.63. The van der Waals surface area contributed by atoms with Crippen molar-refractivity contribution in [2.24, 2.45) is 5.92 Å². The summed E-state index contributed by atoms with van der Waals surface area (Å²) in [6.07, 6.45) is 1.09. The summed E-state index contributed by atoms with van der Waals surface area (Å²) in [4.78, 5) is 12.4. The zero-order chi connectivity index (χ0) is 17.8. The van der Waals surface area contributed by atoms with E-state index in [1.54, 1.807) is 31.2 Å². The minimum Gasteiger partial charge on any atom is -0.497 e. The van der Waals surface area contributed by atoms with E-state index in [4.69, 9.17) is 4.74 Å². The van der Waals surface area contributed by atoms with Crippen molar-refractivity contribution in [2.75, 3.05) is 17.7 Å². The first-order chi connectivity index (χ1) is 10.6. The number of hydrogen-bond donors (Lipinski definition) is 1. The van der Waals surface area contributed by atoms with Crippen LogP contribution in [0, 0.1) is 5.92 Å². The molecule has 0 fully saturated rings. The van der Waals surface area contributed by atoms with Gasteiger partial charge in [-0.25, -0.2) is 8.42 Å². The number of carbonyl (C=O) groups excluding carboxylic acids is 1. The second-order valence-corrected chi connectivity index (χ2v) is 7.84. The number of hydrogen-bond acceptors (Lipinski definition) is 4. The molecule has 0 unspecified atom stereocenters. The average Bonchev–Trinajstić information content (AvgIpc) is 2.45. The molecule has 0 aliphatic carbocycles. The number of ether oxygens (including phenoxy) is 1. The molecule has 1 aromatic carbocycles. The van der Waals surface area contributed by atoms with Crippen LogP contribution in [0.3, 0.4) is 0 Å². The summed E-state index contributed by atoms with van der Waals surface area (Å²) in [6, 6.07) is 5.73. The zero-order valence-electron chi connectivity index (χ0n) is 14.5. The predicted octanol–water partition coefficient (Wildman–Crippen LogP) is 2.01. The third-order valence-electron chi connectivity index (χ3n) is 3.77. The summed E-state index contributed by atoms with van der Waals surface area (Å²) in [5, 5.41) is 2.85. The summed E-state index contributed by atoms with van der Waals surface area (Å²) in [6.45, 7) is 7.45. The first kappa shape index (κ1) is 19.3. The number of rotatable bonds is 7. The summed E-state index contributed by atoms with van der Waals surface area (Å²) in [5.74, 6) is 0.452. The maximum absolute atomic E-state index is 12.4. The standard InChI is InChI=1S/C16H26N2O4S/c1-11(2)12(3)17-16(19)13(4)18(23(6,20)21)14-8-7-9-15(10-14)22-5/h7-13H,1-6H3,(H,17,19)/t12-,13-/m0/s1. The normalized spacial score (nSPS) is 14.2. The molecule has 7 heteroatoms. The fourth-order valence-electron chi connectivity index (χ4n) is 2.07. The number of carbonyl (C=O) groups is 1. The third kappa shape index (κ3) is 5.13. The quantitative estimate of drug-likeness (QED) is 0.822. The number of nitrogens with zero attached hydrogens (tertiary/aromatic N) is 1. The number of amides is 1. The maximum Gasteiger partial charge on any atom is 0.243 e. The Kier molecular flexibility index (Phi) is 6.44. The predicted molar refractivity (Wildman–Crippen MR) is 92.2 cm³/mol. The van der Waals surface area contributed by atoms with Crippen LogP contribution in [0.4, 0.5) is 5.69 Å². The highest BCUT2D eigenvalue weighted by atomic mass is 32.2. The van der Waals surface area contributed by atoms with Crippen LogP contribution in [0.25, 0.3) is 0 Å². The van der Waals surface area contributed by atoms with Crippen LogP contribution in [0.1, 0.15) is 27.7 Å². The van der Waals surface area contributed by atoms with Gasteiger partial charge in [-0.15, -0.1) is 0 Å². The van der Waals surface area contributed by atoms with Crippen molar-refractivity contribution in [3.63, 3.8) is 0 Å². The van der Waals surface area contributed by atoms with Gasteiger partial charge in [0.05, 0.1) is 19.1 Å². The van der Waals surface area contributed by atoms with E-state index in [2.05, 4.69) is 5.32 Å². The Morgan fingerprint density at radius 2 is 1.83 bits per heavy atom. The van der Waals surface area contributed by atoms with Crippen LogP contribution in [-0.2, 0) is 14.8 Å². The van der Waals surface area contributed by atoms with E-state index >= 15 is 0 Å². The molecule has 6 nitrogen and oxygen atoms in total. The van der Waals surface area contributed by atoms with Gasteiger partial charge in [0, 0.05) is 12.1 Å².